The number of aromatic amines is 1. The van der Waals surface area contributed by atoms with Crippen LogP contribution in [0.4, 0.5) is 0 Å². The molecule has 1 rings (SSSR count). The molecule has 0 aliphatic rings. The van der Waals surface area contributed by atoms with Crippen molar-refractivity contribution in [1.82, 2.24) is 15.3 Å². The molecule has 0 saturated carbocycles. The number of nitrogens with one attached hydrogen (secondary N) is 2. The molecule has 0 aromatic carbocycles. The molecule has 0 aliphatic heterocycles. The van der Waals surface area contributed by atoms with Crippen molar-refractivity contribution in [2.45, 2.75) is 18.9 Å². The van der Waals surface area contributed by atoms with Gasteiger partial charge in [0.2, 0.25) is 5.91 Å². The molecule has 1 aromatic heterocycles. The first-order chi connectivity index (χ1) is 8.58. The van der Waals surface area contributed by atoms with E-state index >= 15 is 0 Å². The van der Waals surface area contributed by atoms with E-state index in [0.717, 1.165) is 0 Å². The Hall–Kier alpha value is -1.41. The zero-order valence-electron chi connectivity index (χ0n) is 9.90. The number of nitrogens with zero attached hydrogens (tertiary/aromatic N) is 1. The summed E-state index contributed by atoms with van der Waals surface area (Å²) in [4.78, 5) is 29.8. The number of carbonyl (C=O) groups excluding carboxylic acids is 2. The fourth-order valence-corrected chi connectivity index (χ4v) is 1.76. The highest BCUT2D eigenvalue weighted by Crippen LogP contribution is 2.13. The molecule has 0 aliphatic carbocycles. The highest BCUT2D eigenvalue weighted by Gasteiger charge is 2.23. The van der Waals surface area contributed by atoms with Crippen molar-refractivity contribution in [1.29, 1.82) is 0 Å². The number of nitrogens with two attached hydrogens (primary N) is 1. The van der Waals surface area contributed by atoms with Gasteiger partial charge in [-0.05, 0) is 15.9 Å². The molecule has 4 N–H and O–H groups in total. The van der Waals surface area contributed by atoms with Crippen molar-refractivity contribution in [3.8, 4) is 0 Å². The van der Waals surface area contributed by atoms with Crippen molar-refractivity contribution in [2.75, 3.05) is 13.7 Å². The number of carbonyl (C=O) groups is 2. The van der Waals surface area contributed by atoms with Crippen molar-refractivity contribution in [2.24, 2.45) is 5.73 Å². The van der Waals surface area contributed by atoms with Gasteiger partial charge >= 0.3 is 5.97 Å². The van der Waals surface area contributed by atoms with Gasteiger partial charge in [-0.2, -0.15) is 0 Å². The largest absolute Gasteiger partial charge is 0.467 e. The Bertz CT molecular complexity index is 421. The van der Waals surface area contributed by atoms with E-state index < -0.39 is 12.0 Å². The number of halogens is 1. The summed E-state index contributed by atoms with van der Waals surface area (Å²) in [6, 6.07) is -0.759. The minimum Gasteiger partial charge on any atom is -0.467 e. The van der Waals surface area contributed by atoms with Crippen molar-refractivity contribution < 1.29 is 14.3 Å². The van der Waals surface area contributed by atoms with Gasteiger partial charge in [-0.25, -0.2) is 9.78 Å². The van der Waals surface area contributed by atoms with E-state index in [1.165, 1.54) is 13.4 Å². The maximum atomic E-state index is 11.6. The Balaban J connectivity index is 2.70. The lowest BCUT2D eigenvalue weighted by molar-refractivity contribution is -0.145. The highest BCUT2D eigenvalue weighted by molar-refractivity contribution is 9.10. The Morgan fingerprint density at radius 3 is 2.89 bits per heavy atom. The fraction of sp³-hybridized carbons (Fsp3) is 0.500. The van der Waals surface area contributed by atoms with Crippen LogP contribution < -0.4 is 11.1 Å². The molecule has 0 spiro atoms. The van der Waals surface area contributed by atoms with Crippen LogP contribution in [0, 0.1) is 0 Å². The lowest BCUT2D eigenvalue weighted by atomic mass is 10.1. The van der Waals surface area contributed by atoms with Crippen LogP contribution in [-0.4, -0.2) is 41.5 Å². The van der Waals surface area contributed by atoms with Crippen LogP contribution in [0.1, 0.15) is 12.1 Å². The van der Waals surface area contributed by atoms with Gasteiger partial charge in [-0.15, -0.1) is 0 Å². The molecular formula is C10H15BrN4O3. The van der Waals surface area contributed by atoms with E-state index in [4.69, 9.17) is 5.73 Å². The summed E-state index contributed by atoms with van der Waals surface area (Å²) < 4.78 is 5.25. The first-order valence-corrected chi connectivity index (χ1v) is 6.12. The molecule has 8 heteroatoms. The molecule has 1 heterocycles. The van der Waals surface area contributed by atoms with Crippen LogP contribution in [0.5, 0.6) is 0 Å². The summed E-state index contributed by atoms with van der Waals surface area (Å²) in [7, 11) is 1.27. The molecular weight excluding hydrogens is 304 g/mol. The normalized spacial score (nSPS) is 11.9. The number of esters is 1. The summed E-state index contributed by atoms with van der Waals surface area (Å²) in [5.41, 5.74) is 5.98. The van der Waals surface area contributed by atoms with E-state index in [9.17, 15) is 9.59 Å². The van der Waals surface area contributed by atoms with Crippen LogP contribution in [-0.2, 0) is 20.7 Å². The van der Waals surface area contributed by atoms with Gasteiger partial charge in [0, 0.05) is 19.4 Å². The van der Waals surface area contributed by atoms with Crippen molar-refractivity contribution >= 4 is 27.8 Å². The Labute approximate surface area is 113 Å². The first kappa shape index (κ1) is 14.7. The summed E-state index contributed by atoms with van der Waals surface area (Å²) in [6.45, 7) is 0.230. The quantitative estimate of drug-likeness (QED) is 0.625. The van der Waals surface area contributed by atoms with Crippen LogP contribution >= 0.6 is 15.9 Å². The minimum atomic E-state index is -0.759. The SMILES string of the molecule is COC(=O)[C@H](Cc1[nH]cnc1Br)NC(=O)CCN. The second-order valence-electron chi connectivity index (χ2n) is 3.56. The lowest BCUT2D eigenvalue weighted by Gasteiger charge is -2.15. The molecule has 18 heavy (non-hydrogen) atoms. The average Bonchev–Trinajstić information content (AvgIpc) is 2.73. The van der Waals surface area contributed by atoms with E-state index in [2.05, 4.69) is 36.0 Å². The zero-order chi connectivity index (χ0) is 13.5. The molecule has 1 atom stereocenters. The number of amides is 1. The first-order valence-electron chi connectivity index (χ1n) is 5.33. The fourth-order valence-electron chi connectivity index (χ4n) is 1.38. The molecule has 1 aromatic rings. The average molecular weight is 319 g/mol. The van der Waals surface area contributed by atoms with Crippen LogP contribution in [0.15, 0.2) is 10.9 Å². The predicted octanol–water partition coefficient (Wildman–Crippen LogP) is -0.279. The predicted molar refractivity (Wildman–Crippen MR) is 67.6 cm³/mol. The van der Waals surface area contributed by atoms with Gasteiger partial charge in [0.1, 0.15) is 10.6 Å². The summed E-state index contributed by atoms with van der Waals surface area (Å²) in [6.07, 6.45) is 1.93. The lowest BCUT2D eigenvalue weighted by Crippen LogP contribution is -2.43. The van der Waals surface area contributed by atoms with Gasteiger partial charge in [0.15, 0.2) is 0 Å². The monoisotopic (exact) mass is 318 g/mol. The van der Waals surface area contributed by atoms with Crippen molar-refractivity contribution in [3.05, 3.63) is 16.6 Å². The van der Waals surface area contributed by atoms with Crippen LogP contribution in [0.3, 0.4) is 0 Å². The third kappa shape index (κ3) is 4.11. The Morgan fingerprint density at radius 2 is 2.39 bits per heavy atom. The molecule has 7 nitrogen and oxygen atoms in total. The molecule has 0 fully saturated rings. The van der Waals surface area contributed by atoms with E-state index in [1.54, 1.807) is 0 Å². The minimum absolute atomic E-state index is 0.164. The number of aromatic nitrogens is 2. The number of imidazole rings is 1. The molecule has 100 valence electrons. The number of ether oxygens (including phenoxy) is 1. The summed E-state index contributed by atoms with van der Waals surface area (Å²) in [5, 5.41) is 2.57. The van der Waals surface area contributed by atoms with Gasteiger partial charge < -0.3 is 20.8 Å². The van der Waals surface area contributed by atoms with Crippen LogP contribution in [0.25, 0.3) is 0 Å². The third-order valence-corrected chi connectivity index (χ3v) is 2.95. The number of hydrogen-bond acceptors (Lipinski definition) is 5. The second kappa shape index (κ2) is 7.12. The van der Waals surface area contributed by atoms with E-state index in [1.807, 2.05) is 0 Å². The maximum Gasteiger partial charge on any atom is 0.328 e. The number of methoxy groups -OCH3 is 1. The Kier molecular flexibility index (Phi) is 5.79. The number of H-pyrrole nitrogens is 1. The molecule has 0 unspecified atom stereocenters. The molecule has 0 bridgehead atoms. The summed E-state index contributed by atoms with van der Waals surface area (Å²) >= 11 is 3.24. The van der Waals surface area contributed by atoms with Gasteiger partial charge in [0.05, 0.1) is 19.1 Å². The maximum absolute atomic E-state index is 11.6. The summed E-state index contributed by atoms with van der Waals surface area (Å²) in [5.74, 6) is -0.801. The molecule has 0 radical (unpaired) electrons. The van der Waals surface area contributed by atoms with Gasteiger partial charge in [0.25, 0.3) is 0 Å². The van der Waals surface area contributed by atoms with Gasteiger partial charge in [-0.1, -0.05) is 0 Å². The topological polar surface area (TPSA) is 110 Å². The highest BCUT2D eigenvalue weighted by atomic mass is 79.9. The second-order valence-corrected chi connectivity index (χ2v) is 4.31. The number of hydrogen-bond donors (Lipinski definition) is 3. The third-order valence-electron chi connectivity index (χ3n) is 2.27. The van der Waals surface area contributed by atoms with Crippen molar-refractivity contribution in [3.63, 3.8) is 0 Å². The molecule has 0 saturated heterocycles. The number of rotatable bonds is 6. The van der Waals surface area contributed by atoms with E-state index in [-0.39, 0.29) is 25.3 Å². The molecule has 1 amide bonds. The Morgan fingerprint density at radius 1 is 1.67 bits per heavy atom. The van der Waals surface area contributed by atoms with E-state index in [0.29, 0.717) is 10.3 Å². The zero-order valence-corrected chi connectivity index (χ0v) is 11.5. The smallest absolute Gasteiger partial charge is 0.328 e. The van der Waals surface area contributed by atoms with Crippen LogP contribution in [0.2, 0.25) is 0 Å². The van der Waals surface area contributed by atoms with Gasteiger partial charge in [-0.3, -0.25) is 4.79 Å². The standard InChI is InChI=1S/C10H15BrN4O3/c1-18-10(17)7(15-8(16)2-3-12)4-6-9(11)14-5-13-6/h5,7H,2-4,12H2,1H3,(H,13,14)(H,15,16)/t7-/m0/s1.